The molecule has 1 heterocycles. The highest BCUT2D eigenvalue weighted by Gasteiger charge is 2.14. The van der Waals surface area contributed by atoms with Crippen molar-refractivity contribution in [3.63, 3.8) is 0 Å². The van der Waals surface area contributed by atoms with Crippen molar-refractivity contribution in [3.8, 4) is 0 Å². The molecule has 108 valence electrons. The van der Waals surface area contributed by atoms with Crippen molar-refractivity contribution in [2.24, 2.45) is 11.7 Å². The van der Waals surface area contributed by atoms with Crippen LogP contribution in [0, 0.1) is 12.8 Å². The second-order valence-corrected chi connectivity index (χ2v) is 6.00. The highest BCUT2D eigenvalue weighted by Crippen LogP contribution is 2.22. The van der Waals surface area contributed by atoms with Gasteiger partial charge >= 0.3 is 0 Å². The summed E-state index contributed by atoms with van der Waals surface area (Å²) in [7, 11) is 0. The highest BCUT2D eigenvalue weighted by atomic mass is 35.5. The Hall–Kier alpha value is -1.39. The summed E-state index contributed by atoms with van der Waals surface area (Å²) in [4.78, 5) is 4.33. The van der Waals surface area contributed by atoms with E-state index in [2.05, 4.69) is 23.9 Å². The molecule has 1 unspecified atom stereocenters. The normalized spacial score (nSPS) is 12.9. The summed E-state index contributed by atoms with van der Waals surface area (Å²) in [5, 5.41) is 5.01. The van der Waals surface area contributed by atoms with Crippen molar-refractivity contribution in [2.75, 3.05) is 0 Å². The molecule has 2 aromatic rings. The first-order valence-corrected chi connectivity index (χ1v) is 7.23. The van der Waals surface area contributed by atoms with Crippen molar-refractivity contribution in [1.29, 1.82) is 0 Å². The zero-order valence-corrected chi connectivity index (χ0v) is 12.9. The Labute approximate surface area is 125 Å². The van der Waals surface area contributed by atoms with E-state index < -0.39 is 0 Å². The molecule has 0 saturated heterocycles. The van der Waals surface area contributed by atoms with E-state index in [-0.39, 0.29) is 6.04 Å². The molecule has 20 heavy (non-hydrogen) atoms. The second kappa shape index (κ2) is 6.37. The Morgan fingerprint density at radius 2 is 2.10 bits per heavy atom. The van der Waals surface area contributed by atoms with E-state index in [0.29, 0.717) is 12.3 Å². The van der Waals surface area contributed by atoms with Crippen LogP contribution in [0.5, 0.6) is 0 Å². The van der Waals surface area contributed by atoms with Crippen molar-refractivity contribution >= 4 is 11.6 Å². The molecule has 0 aliphatic heterocycles. The molecular formula is C15H21ClN4. The van der Waals surface area contributed by atoms with E-state index in [1.54, 1.807) is 6.33 Å². The van der Waals surface area contributed by atoms with Gasteiger partial charge in [-0.1, -0.05) is 31.5 Å². The van der Waals surface area contributed by atoms with Gasteiger partial charge in [0, 0.05) is 24.0 Å². The fourth-order valence-electron chi connectivity index (χ4n) is 2.31. The number of rotatable bonds is 5. The molecule has 0 fully saturated rings. The Balaban J connectivity index is 2.15. The summed E-state index contributed by atoms with van der Waals surface area (Å²) in [5.74, 6) is 1.46. The van der Waals surface area contributed by atoms with Crippen molar-refractivity contribution in [3.05, 3.63) is 46.5 Å². The Bertz CT molecular complexity index is 577. The predicted molar refractivity (Wildman–Crippen MR) is 81.7 cm³/mol. The monoisotopic (exact) mass is 292 g/mol. The lowest BCUT2D eigenvalue weighted by atomic mass is 9.99. The molecule has 0 bridgehead atoms. The zero-order valence-electron chi connectivity index (χ0n) is 12.2. The zero-order chi connectivity index (χ0) is 14.7. The van der Waals surface area contributed by atoms with Gasteiger partial charge in [-0.2, -0.15) is 5.10 Å². The molecule has 0 aliphatic carbocycles. The predicted octanol–water partition coefficient (Wildman–Crippen LogP) is 3.14. The van der Waals surface area contributed by atoms with Crippen LogP contribution in [0.1, 0.15) is 36.8 Å². The fraction of sp³-hybridized carbons (Fsp3) is 0.467. The highest BCUT2D eigenvalue weighted by molar-refractivity contribution is 6.30. The first kappa shape index (κ1) is 15.0. The van der Waals surface area contributed by atoms with E-state index in [0.717, 1.165) is 28.5 Å². The van der Waals surface area contributed by atoms with Gasteiger partial charge in [0.05, 0.1) is 0 Å². The molecule has 0 saturated carbocycles. The smallest absolute Gasteiger partial charge is 0.138 e. The maximum absolute atomic E-state index is 6.31. The van der Waals surface area contributed by atoms with Gasteiger partial charge in [0.2, 0.25) is 0 Å². The molecule has 1 aromatic heterocycles. The van der Waals surface area contributed by atoms with Crippen LogP contribution in [0.3, 0.4) is 0 Å². The molecule has 0 amide bonds. The van der Waals surface area contributed by atoms with Gasteiger partial charge < -0.3 is 5.73 Å². The van der Waals surface area contributed by atoms with Crippen molar-refractivity contribution < 1.29 is 0 Å². The Morgan fingerprint density at radius 3 is 2.75 bits per heavy atom. The fourth-order valence-corrected chi connectivity index (χ4v) is 2.53. The number of nitrogens with zero attached hydrogens (tertiary/aromatic N) is 3. The quantitative estimate of drug-likeness (QED) is 0.921. The van der Waals surface area contributed by atoms with E-state index in [1.165, 1.54) is 0 Å². The topological polar surface area (TPSA) is 56.7 Å². The van der Waals surface area contributed by atoms with Crippen molar-refractivity contribution in [1.82, 2.24) is 14.8 Å². The number of aryl methyl sites for hydroxylation is 1. The number of hydrogen-bond donors (Lipinski definition) is 1. The number of halogens is 1. The lowest BCUT2D eigenvalue weighted by Crippen LogP contribution is -2.19. The van der Waals surface area contributed by atoms with Gasteiger partial charge in [-0.05, 0) is 36.1 Å². The van der Waals surface area contributed by atoms with Crippen LogP contribution in [0.4, 0.5) is 0 Å². The average Bonchev–Trinajstić information content (AvgIpc) is 2.75. The number of benzene rings is 1. The first-order valence-electron chi connectivity index (χ1n) is 6.85. The van der Waals surface area contributed by atoms with Crippen LogP contribution in [0.2, 0.25) is 5.02 Å². The Kier molecular flexibility index (Phi) is 4.78. The Morgan fingerprint density at radius 1 is 1.35 bits per heavy atom. The third kappa shape index (κ3) is 3.58. The van der Waals surface area contributed by atoms with Gasteiger partial charge in [0.25, 0.3) is 0 Å². The summed E-state index contributed by atoms with van der Waals surface area (Å²) < 4.78 is 1.94. The molecule has 5 heteroatoms. The molecule has 0 spiro atoms. The number of nitrogens with two attached hydrogens (primary N) is 1. The summed E-state index contributed by atoms with van der Waals surface area (Å²) in [6.07, 6.45) is 2.27. The van der Waals surface area contributed by atoms with Crippen LogP contribution in [0.15, 0.2) is 24.5 Å². The summed E-state index contributed by atoms with van der Waals surface area (Å²) in [6, 6.07) is 5.71. The summed E-state index contributed by atoms with van der Waals surface area (Å²) in [5.41, 5.74) is 8.53. The first-order chi connectivity index (χ1) is 9.47. The number of aromatic nitrogens is 3. The van der Waals surface area contributed by atoms with Crippen molar-refractivity contribution in [2.45, 2.75) is 39.8 Å². The molecule has 0 radical (unpaired) electrons. The minimum Gasteiger partial charge on any atom is -0.324 e. The third-order valence-electron chi connectivity index (χ3n) is 3.27. The van der Waals surface area contributed by atoms with Gasteiger partial charge in [0.1, 0.15) is 12.2 Å². The summed E-state index contributed by atoms with van der Waals surface area (Å²) in [6.45, 7) is 7.21. The van der Waals surface area contributed by atoms with Crippen LogP contribution >= 0.6 is 11.6 Å². The molecule has 2 rings (SSSR count). The van der Waals surface area contributed by atoms with E-state index in [1.807, 2.05) is 29.8 Å². The van der Waals surface area contributed by atoms with Gasteiger partial charge in [-0.25, -0.2) is 9.67 Å². The molecular weight excluding hydrogens is 272 g/mol. The van der Waals surface area contributed by atoms with E-state index in [9.17, 15) is 0 Å². The molecule has 4 nitrogen and oxygen atoms in total. The van der Waals surface area contributed by atoms with Crippen LogP contribution in [-0.2, 0) is 13.0 Å². The van der Waals surface area contributed by atoms with Crippen LogP contribution < -0.4 is 5.73 Å². The lowest BCUT2D eigenvalue weighted by Gasteiger charge is -2.16. The minimum atomic E-state index is -0.0950. The lowest BCUT2D eigenvalue weighted by molar-refractivity contribution is 0.459. The maximum atomic E-state index is 6.31. The minimum absolute atomic E-state index is 0.0950. The molecule has 1 atom stereocenters. The van der Waals surface area contributed by atoms with E-state index >= 15 is 0 Å². The van der Waals surface area contributed by atoms with E-state index in [4.69, 9.17) is 17.3 Å². The molecule has 0 aliphatic rings. The SMILES string of the molecule is Cc1cc(Cl)ccc1C(N)Cc1ncnn1CC(C)C. The average molecular weight is 293 g/mol. The van der Waals surface area contributed by atoms with Crippen LogP contribution in [0.25, 0.3) is 0 Å². The van der Waals surface area contributed by atoms with Gasteiger partial charge in [-0.3, -0.25) is 0 Å². The standard InChI is InChI=1S/C15H21ClN4/c1-10(2)8-20-15(18-9-19-20)7-14(17)13-5-4-12(16)6-11(13)3/h4-6,9-10,14H,7-8,17H2,1-3H3. The maximum Gasteiger partial charge on any atom is 0.138 e. The molecule has 2 N–H and O–H groups in total. The van der Waals surface area contributed by atoms with Gasteiger partial charge in [-0.15, -0.1) is 0 Å². The third-order valence-corrected chi connectivity index (χ3v) is 3.50. The molecule has 1 aromatic carbocycles. The van der Waals surface area contributed by atoms with Crippen LogP contribution in [-0.4, -0.2) is 14.8 Å². The summed E-state index contributed by atoms with van der Waals surface area (Å²) >= 11 is 5.98. The largest absolute Gasteiger partial charge is 0.324 e. The number of hydrogen-bond acceptors (Lipinski definition) is 3. The second-order valence-electron chi connectivity index (χ2n) is 5.56. The van der Waals surface area contributed by atoms with Gasteiger partial charge in [0.15, 0.2) is 0 Å².